The normalized spacial score (nSPS) is 16.4. The molecule has 1 atom stereocenters. The fraction of sp³-hybridized carbons (Fsp3) is 0.292. The SMILES string of the molecule is COC(=O)C=C(C)c1ccc2c(c1)CCC2NCCc1c[nH]c2ccccc12. The lowest BCUT2D eigenvalue weighted by Crippen LogP contribution is -2.21. The second-order valence-corrected chi connectivity index (χ2v) is 7.42. The summed E-state index contributed by atoms with van der Waals surface area (Å²) in [7, 11) is 1.40. The molecule has 2 aromatic carbocycles. The maximum absolute atomic E-state index is 11.5. The summed E-state index contributed by atoms with van der Waals surface area (Å²) in [6, 6.07) is 15.4. The fourth-order valence-electron chi connectivity index (χ4n) is 4.11. The summed E-state index contributed by atoms with van der Waals surface area (Å²) in [5, 5.41) is 5.04. The Labute approximate surface area is 165 Å². The number of fused-ring (bicyclic) bond motifs is 2. The highest BCUT2D eigenvalue weighted by Gasteiger charge is 2.22. The number of allylic oxidation sites excluding steroid dienone is 1. The molecule has 1 heterocycles. The molecule has 0 saturated carbocycles. The Morgan fingerprint density at radius 2 is 2.14 bits per heavy atom. The van der Waals surface area contributed by atoms with Crippen LogP contribution in [0, 0.1) is 0 Å². The van der Waals surface area contributed by atoms with Crippen LogP contribution in [-0.2, 0) is 22.4 Å². The van der Waals surface area contributed by atoms with E-state index in [1.807, 2.05) is 6.92 Å². The van der Waals surface area contributed by atoms with Gasteiger partial charge in [0.05, 0.1) is 7.11 Å². The number of benzene rings is 2. The number of methoxy groups -OCH3 is 1. The zero-order valence-electron chi connectivity index (χ0n) is 16.4. The van der Waals surface area contributed by atoms with Crippen molar-refractivity contribution in [2.45, 2.75) is 32.2 Å². The molecule has 1 aliphatic rings. The second-order valence-electron chi connectivity index (χ2n) is 7.42. The summed E-state index contributed by atoms with van der Waals surface area (Å²) in [6.07, 6.45) is 6.87. The highest BCUT2D eigenvalue weighted by atomic mass is 16.5. The Bertz CT molecular complexity index is 1030. The smallest absolute Gasteiger partial charge is 0.330 e. The summed E-state index contributed by atoms with van der Waals surface area (Å²) in [5.41, 5.74) is 7.34. The topological polar surface area (TPSA) is 54.1 Å². The van der Waals surface area contributed by atoms with E-state index in [-0.39, 0.29) is 5.97 Å². The summed E-state index contributed by atoms with van der Waals surface area (Å²) in [5.74, 6) is -0.310. The Kier molecular flexibility index (Phi) is 5.31. The van der Waals surface area contributed by atoms with E-state index in [1.54, 1.807) is 6.08 Å². The van der Waals surface area contributed by atoms with Crippen LogP contribution in [0.5, 0.6) is 0 Å². The van der Waals surface area contributed by atoms with Crippen LogP contribution in [-0.4, -0.2) is 24.6 Å². The maximum Gasteiger partial charge on any atom is 0.330 e. The number of esters is 1. The third-order valence-corrected chi connectivity index (χ3v) is 5.67. The van der Waals surface area contributed by atoms with Crippen LogP contribution < -0.4 is 5.32 Å². The van der Waals surface area contributed by atoms with Crippen molar-refractivity contribution < 1.29 is 9.53 Å². The quantitative estimate of drug-likeness (QED) is 0.491. The van der Waals surface area contributed by atoms with Gasteiger partial charge >= 0.3 is 5.97 Å². The number of para-hydroxylation sites is 1. The molecule has 4 nitrogen and oxygen atoms in total. The summed E-state index contributed by atoms with van der Waals surface area (Å²) < 4.78 is 4.73. The van der Waals surface area contributed by atoms with Crippen molar-refractivity contribution in [2.75, 3.05) is 13.7 Å². The number of H-pyrrole nitrogens is 1. The van der Waals surface area contributed by atoms with Gasteiger partial charge in [-0.05, 0) is 66.6 Å². The highest BCUT2D eigenvalue weighted by Crippen LogP contribution is 2.33. The number of carbonyl (C=O) groups excluding carboxylic acids is 1. The Hall–Kier alpha value is -2.85. The average Bonchev–Trinajstić information content (AvgIpc) is 3.32. The lowest BCUT2D eigenvalue weighted by Gasteiger charge is -2.14. The Morgan fingerprint density at radius 1 is 1.29 bits per heavy atom. The van der Waals surface area contributed by atoms with Crippen LogP contribution in [0.4, 0.5) is 0 Å². The molecule has 0 aliphatic heterocycles. The summed E-state index contributed by atoms with van der Waals surface area (Å²) >= 11 is 0. The van der Waals surface area contributed by atoms with Crippen molar-refractivity contribution in [2.24, 2.45) is 0 Å². The molecule has 0 amide bonds. The van der Waals surface area contributed by atoms with Gasteiger partial charge in [0.1, 0.15) is 0 Å². The van der Waals surface area contributed by atoms with Crippen LogP contribution in [0.3, 0.4) is 0 Å². The van der Waals surface area contributed by atoms with Gasteiger partial charge in [0.25, 0.3) is 0 Å². The third kappa shape index (κ3) is 3.73. The molecule has 144 valence electrons. The summed E-state index contributed by atoms with van der Waals surface area (Å²) in [4.78, 5) is 14.8. The van der Waals surface area contributed by atoms with E-state index in [0.29, 0.717) is 6.04 Å². The zero-order valence-corrected chi connectivity index (χ0v) is 16.4. The van der Waals surface area contributed by atoms with Gasteiger partial charge in [-0.1, -0.05) is 36.4 Å². The van der Waals surface area contributed by atoms with Gasteiger partial charge in [-0.2, -0.15) is 0 Å². The molecule has 0 saturated heterocycles. The van der Waals surface area contributed by atoms with Gasteiger partial charge in [-0.15, -0.1) is 0 Å². The number of aromatic nitrogens is 1. The highest BCUT2D eigenvalue weighted by molar-refractivity contribution is 5.90. The molecule has 1 aliphatic carbocycles. The van der Waals surface area contributed by atoms with Gasteiger partial charge in [0.15, 0.2) is 0 Å². The number of carbonyl (C=O) groups is 1. The molecule has 2 N–H and O–H groups in total. The predicted octanol–water partition coefficient (Wildman–Crippen LogP) is 4.56. The van der Waals surface area contributed by atoms with Crippen LogP contribution >= 0.6 is 0 Å². The number of rotatable bonds is 6. The Morgan fingerprint density at radius 3 is 3.00 bits per heavy atom. The van der Waals surface area contributed by atoms with E-state index in [0.717, 1.165) is 36.9 Å². The van der Waals surface area contributed by atoms with Crippen molar-refractivity contribution in [1.82, 2.24) is 10.3 Å². The maximum atomic E-state index is 11.5. The minimum atomic E-state index is -0.310. The van der Waals surface area contributed by atoms with Gasteiger partial charge in [-0.3, -0.25) is 0 Å². The second kappa shape index (κ2) is 8.03. The molecule has 28 heavy (non-hydrogen) atoms. The van der Waals surface area contributed by atoms with Crippen LogP contribution in [0.1, 0.15) is 41.6 Å². The van der Waals surface area contributed by atoms with Crippen molar-refractivity contribution in [1.29, 1.82) is 0 Å². The number of aryl methyl sites for hydroxylation is 1. The molecule has 0 fully saturated rings. The van der Waals surface area contributed by atoms with Gasteiger partial charge < -0.3 is 15.0 Å². The molecule has 1 unspecified atom stereocenters. The van der Waals surface area contributed by atoms with E-state index in [9.17, 15) is 4.79 Å². The third-order valence-electron chi connectivity index (χ3n) is 5.67. The first-order chi connectivity index (χ1) is 13.7. The van der Waals surface area contributed by atoms with Crippen molar-refractivity contribution in [3.05, 3.63) is 77.0 Å². The molecule has 4 rings (SSSR count). The van der Waals surface area contributed by atoms with Crippen molar-refractivity contribution >= 4 is 22.4 Å². The number of nitrogens with one attached hydrogen (secondary N) is 2. The molecule has 0 bridgehead atoms. The van der Waals surface area contributed by atoms with E-state index in [4.69, 9.17) is 4.74 Å². The fourth-order valence-corrected chi connectivity index (χ4v) is 4.11. The molecular weight excluding hydrogens is 348 g/mol. The molecule has 0 radical (unpaired) electrons. The van der Waals surface area contributed by atoms with E-state index < -0.39 is 0 Å². The minimum Gasteiger partial charge on any atom is -0.466 e. The largest absolute Gasteiger partial charge is 0.466 e. The predicted molar refractivity (Wildman–Crippen MR) is 113 cm³/mol. The number of aromatic amines is 1. The molecule has 4 heteroatoms. The lowest BCUT2D eigenvalue weighted by molar-refractivity contribution is -0.134. The number of hydrogen-bond acceptors (Lipinski definition) is 3. The summed E-state index contributed by atoms with van der Waals surface area (Å²) in [6.45, 7) is 2.90. The zero-order chi connectivity index (χ0) is 19.5. The Balaban J connectivity index is 1.41. The number of hydrogen-bond donors (Lipinski definition) is 2. The van der Waals surface area contributed by atoms with E-state index >= 15 is 0 Å². The van der Waals surface area contributed by atoms with Gasteiger partial charge in [0, 0.05) is 29.2 Å². The van der Waals surface area contributed by atoms with Gasteiger partial charge in [-0.25, -0.2) is 4.79 Å². The first-order valence-electron chi connectivity index (χ1n) is 9.83. The first kappa shape index (κ1) is 18.5. The van der Waals surface area contributed by atoms with Crippen LogP contribution in [0.2, 0.25) is 0 Å². The lowest BCUT2D eigenvalue weighted by atomic mass is 10.00. The standard InChI is InChI=1S/C24H26N2O2/c1-16(13-24(27)28-2)17-7-9-21-18(14-17)8-10-23(21)25-12-11-19-15-26-22-6-4-3-5-20(19)22/h3-7,9,13-15,23,25-26H,8,10-12H2,1-2H3. The molecule has 3 aromatic rings. The van der Waals surface area contributed by atoms with E-state index in [2.05, 4.69) is 59.0 Å². The average molecular weight is 374 g/mol. The van der Waals surface area contributed by atoms with Crippen molar-refractivity contribution in [3.8, 4) is 0 Å². The number of ether oxygens (including phenoxy) is 1. The first-order valence-corrected chi connectivity index (χ1v) is 9.83. The van der Waals surface area contributed by atoms with Crippen LogP contribution in [0.15, 0.2) is 54.7 Å². The van der Waals surface area contributed by atoms with Crippen molar-refractivity contribution in [3.63, 3.8) is 0 Å². The van der Waals surface area contributed by atoms with E-state index in [1.165, 1.54) is 34.7 Å². The molecule has 0 spiro atoms. The minimum absolute atomic E-state index is 0.310. The monoisotopic (exact) mass is 374 g/mol. The molecular formula is C24H26N2O2. The van der Waals surface area contributed by atoms with Crippen LogP contribution in [0.25, 0.3) is 16.5 Å². The molecule has 1 aromatic heterocycles. The van der Waals surface area contributed by atoms with Gasteiger partial charge in [0.2, 0.25) is 0 Å².